The van der Waals surface area contributed by atoms with Crippen molar-refractivity contribution in [3.05, 3.63) is 42.1 Å². The number of aryl methyl sites for hydroxylation is 1. The van der Waals surface area contributed by atoms with Crippen LogP contribution in [0.3, 0.4) is 0 Å². The number of pyridine rings is 1. The van der Waals surface area contributed by atoms with Gasteiger partial charge in [-0.05, 0) is 24.6 Å². The highest BCUT2D eigenvalue weighted by Gasteiger charge is 2.01. The molecule has 1 heterocycles. The first kappa shape index (κ1) is 14.6. The lowest BCUT2D eigenvalue weighted by molar-refractivity contribution is 0.286. The molecule has 5 nitrogen and oxygen atoms in total. The van der Waals surface area contributed by atoms with Gasteiger partial charge < -0.3 is 0 Å². The van der Waals surface area contributed by atoms with Gasteiger partial charge in [0.2, 0.25) is 0 Å². The van der Waals surface area contributed by atoms with Crippen LogP contribution in [0.25, 0.3) is 10.9 Å². The Labute approximate surface area is 107 Å². The summed E-state index contributed by atoms with van der Waals surface area (Å²) < 4.78 is 27.5. The maximum absolute atomic E-state index is 9.92. The third-order valence-electron chi connectivity index (χ3n) is 2.28. The maximum Gasteiger partial charge on any atom is 0.399 e. The molecule has 0 atom stereocenters. The molecular weight excluding hydrogens is 254 g/mol. The van der Waals surface area contributed by atoms with E-state index < -0.39 is 10.4 Å². The van der Waals surface area contributed by atoms with Crippen molar-refractivity contribution < 1.29 is 16.8 Å². The molecule has 18 heavy (non-hydrogen) atoms. The van der Waals surface area contributed by atoms with Gasteiger partial charge in [-0.3, -0.25) is 13.4 Å². The van der Waals surface area contributed by atoms with E-state index in [1.807, 2.05) is 30.5 Å². The van der Waals surface area contributed by atoms with Crippen LogP contribution in [-0.4, -0.2) is 27.6 Å². The van der Waals surface area contributed by atoms with Crippen LogP contribution < -0.4 is 0 Å². The molecule has 0 N–H and O–H groups in total. The number of hydrogen-bond donors (Lipinski definition) is 0. The Hall–Kier alpha value is -1.50. The van der Waals surface area contributed by atoms with Crippen LogP contribution in [0.5, 0.6) is 0 Å². The van der Waals surface area contributed by atoms with Gasteiger partial charge in [0.05, 0.1) is 19.7 Å². The van der Waals surface area contributed by atoms with Gasteiger partial charge in [0, 0.05) is 11.6 Å². The van der Waals surface area contributed by atoms with E-state index >= 15 is 0 Å². The Morgan fingerprint density at radius 1 is 1.06 bits per heavy atom. The summed E-state index contributed by atoms with van der Waals surface area (Å²) in [6.07, 6.45) is 1.84. The van der Waals surface area contributed by atoms with Crippen molar-refractivity contribution in [2.75, 3.05) is 14.2 Å². The molecule has 0 amide bonds. The zero-order valence-electron chi connectivity index (χ0n) is 10.5. The van der Waals surface area contributed by atoms with E-state index in [1.165, 1.54) is 10.9 Å². The normalized spacial score (nSPS) is 10.8. The van der Waals surface area contributed by atoms with Crippen molar-refractivity contribution in [1.29, 1.82) is 0 Å². The Bertz CT molecular complexity index is 595. The quantitative estimate of drug-likeness (QED) is 0.835. The predicted molar refractivity (Wildman–Crippen MR) is 69.4 cm³/mol. The molecular formula is C12H15NO4S. The molecule has 0 radical (unpaired) electrons. The zero-order chi connectivity index (χ0) is 13.6. The predicted octanol–water partition coefficient (Wildman–Crippen LogP) is 2.07. The molecule has 0 aliphatic carbocycles. The zero-order valence-corrected chi connectivity index (χ0v) is 11.3. The lowest BCUT2D eigenvalue weighted by Crippen LogP contribution is -2.02. The average Bonchev–Trinajstić information content (AvgIpc) is 2.40. The molecule has 0 bridgehead atoms. The number of rotatable bonds is 2. The molecule has 98 valence electrons. The molecule has 2 rings (SSSR count). The molecule has 0 aliphatic rings. The lowest BCUT2D eigenvalue weighted by Gasteiger charge is -1.97. The van der Waals surface area contributed by atoms with Crippen LogP contribution in [0, 0.1) is 6.92 Å². The van der Waals surface area contributed by atoms with Gasteiger partial charge in [0.15, 0.2) is 0 Å². The summed E-state index contributed by atoms with van der Waals surface area (Å²) in [7, 11) is -1.60. The molecule has 0 saturated heterocycles. The number of nitrogens with zero attached hydrogens (tertiary/aromatic N) is 1. The van der Waals surface area contributed by atoms with Crippen LogP contribution in [0.1, 0.15) is 5.56 Å². The number of hydrogen-bond acceptors (Lipinski definition) is 5. The van der Waals surface area contributed by atoms with Gasteiger partial charge in [0.25, 0.3) is 0 Å². The molecule has 1 aromatic heterocycles. The molecule has 1 aromatic carbocycles. The van der Waals surface area contributed by atoms with Gasteiger partial charge in [-0.2, -0.15) is 8.42 Å². The summed E-state index contributed by atoms with van der Waals surface area (Å²) in [6.45, 7) is 2.10. The Kier molecular flexibility index (Phi) is 5.21. The summed E-state index contributed by atoms with van der Waals surface area (Å²) in [5, 5.41) is 1.25. The van der Waals surface area contributed by atoms with E-state index in [0.29, 0.717) is 0 Å². The second kappa shape index (κ2) is 6.44. The molecule has 2 aromatic rings. The first-order valence-electron chi connectivity index (χ1n) is 5.16. The molecule has 0 unspecified atom stereocenters. The minimum atomic E-state index is -3.66. The van der Waals surface area contributed by atoms with Crippen LogP contribution >= 0.6 is 0 Å². The monoisotopic (exact) mass is 269 g/mol. The summed E-state index contributed by atoms with van der Waals surface area (Å²) in [5.74, 6) is 0. The number of benzene rings is 1. The highest BCUT2D eigenvalue weighted by molar-refractivity contribution is 7.81. The van der Waals surface area contributed by atoms with Crippen molar-refractivity contribution >= 4 is 21.3 Å². The van der Waals surface area contributed by atoms with E-state index in [9.17, 15) is 8.42 Å². The lowest BCUT2D eigenvalue weighted by atomic mass is 10.1. The van der Waals surface area contributed by atoms with E-state index in [-0.39, 0.29) is 0 Å². The van der Waals surface area contributed by atoms with Crippen LogP contribution in [0.4, 0.5) is 0 Å². The van der Waals surface area contributed by atoms with Crippen LogP contribution in [-0.2, 0) is 18.8 Å². The fourth-order valence-corrected chi connectivity index (χ4v) is 1.44. The minimum absolute atomic E-state index is 1.03. The first-order chi connectivity index (χ1) is 8.50. The largest absolute Gasteiger partial charge is 0.399 e. The Balaban J connectivity index is 0.000000203. The Morgan fingerprint density at radius 3 is 2.17 bits per heavy atom. The molecule has 0 spiro atoms. The number of fused-ring (bicyclic) bond motifs is 1. The molecule has 6 heteroatoms. The number of para-hydroxylation sites is 1. The second-order valence-corrected chi connectivity index (χ2v) is 4.87. The van der Waals surface area contributed by atoms with Crippen molar-refractivity contribution in [2.45, 2.75) is 6.92 Å². The van der Waals surface area contributed by atoms with Crippen molar-refractivity contribution in [3.63, 3.8) is 0 Å². The average molecular weight is 269 g/mol. The standard InChI is InChI=1S/C10H9N.C2H6O4S/c1-8-6-7-11-10-5-3-2-4-9(8)10;1-5-7(3,4)6-2/h2-7H,1H3;1-2H3. The van der Waals surface area contributed by atoms with Gasteiger partial charge in [-0.1, -0.05) is 18.2 Å². The Morgan fingerprint density at radius 2 is 1.67 bits per heavy atom. The summed E-state index contributed by atoms with van der Waals surface area (Å²) >= 11 is 0. The van der Waals surface area contributed by atoms with Gasteiger partial charge >= 0.3 is 10.4 Å². The van der Waals surface area contributed by atoms with Gasteiger partial charge in [-0.15, -0.1) is 0 Å². The summed E-state index contributed by atoms with van der Waals surface area (Å²) in [4.78, 5) is 4.24. The van der Waals surface area contributed by atoms with Gasteiger partial charge in [-0.25, -0.2) is 0 Å². The topological polar surface area (TPSA) is 65.5 Å². The maximum atomic E-state index is 9.92. The first-order valence-corrected chi connectivity index (χ1v) is 6.50. The van der Waals surface area contributed by atoms with Crippen molar-refractivity contribution in [3.8, 4) is 0 Å². The minimum Gasteiger partial charge on any atom is -0.256 e. The van der Waals surface area contributed by atoms with E-state index in [4.69, 9.17) is 0 Å². The third-order valence-corrected chi connectivity index (χ3v) is 3.09. The van der Waals surface area contributed by atoms with Crippen LogP contribution in [0.15, 0.2) is 36.5 Å². The van der Waals surface area contributed by atoms with E-state index in [1.54, 1.807) is 0 Å². The van der Waals surface area contributed by atoms with Gasteiger partial charge in [0.1, 0.15) is 0 Å². The second-order valence-electron chi connectivity index (χ2n) is 3.39. The fourth-order valence-electron chi connectivity index (χ4n) is 1.31. The molecule has 0 fully saturated rings. The fraction of sp³-hybridized carbons (Fsp3) is 0.250. The molecule has 0 aliphatic heterocycles. The van der Waals surface area contributed by atoms with E-state index in [0.717, 1.165) is 19.7 Å². The smallest absolute Gasteiger partial charge is 0.256 e. The van der Waals surface area contributed by atoms with Crippen molar-refractivity contribution in [1.82, 2.24) is 4.98 Å². The summed E-state index contributed by atoms with van der Waals surface area (Å²) in [6, 6.07) is 10.2. The molecule has 0 saturated carbocycles. The summed E-state index contributed by atoms with van der Waals surface area (Å²) in [5.41, 5.74) is 2.36. The third kappa shape index (κ3) is 4.06. The number of aromatic nitrogens is 1. The van der Waals surface area contributed by atoms with Crippen molar-refractivity contribution in [2.24, 2.45) is 0 Å². The highest BCUT2D eigenvalue weighted by Crippen LogP contribution is 2.13. The van der Waals surface area contributed by atoms with E-state index in [2.05, 4.69) is 26.3 Å². The SMILES string of the molecule is COS(=O)(=O)OC.Cc1ccnc2ccccc12. The van der Waals surface area contributed by atoms with Crippen LogP contribution in [0.2, 0.25) is 0 Å². The highest BCUT2D eigenvalue weighted by atomic mass is 32.3.